The van der Waals surface area contributed by atoms with Gasteiger partial charge in [-0.1, -0.05) is 39.7 Å². The van der Waals surface area contributed by atoms with Crippen LogP contribution in [0, 0.1) is 5.82 Å². The van der Waals surface area contributed by atoms with Crippen LogP contribution < -0.4 is 0 Å². The first-order chi connectivity index (χ1) is 8.08. The topological polar surface area (TPSA) is 17.1 Å². The van der Waals surface area contributed by atoms with Crippen LogP contribution in [0.5, 0.6) is 0 Å². The van der Waals surface area contributed by atoms with E-state index >= 15 is 0 Å². The summed E-state index contributed by atoms with van der Waals surface area (Å²) in [6.07, 6.45) is 0. The van der Waals surface area contributed by atoms with E-state index in [4.69, 9.17) is 11.6 Å². The molecule has 0 bridgehead atoms. The lowest BCUT2D eigenvalue weighted by atomic mass is 10.0. The molecule has 0 N–H and O–H groups in total. The SMILES string of the molecule is O=C(c1cccc(F)c1)c1cc(Cl)ccc1Br. The van der Waals surface area contributed by atoms with Gasteiger partial charge < -0.3 is 0 Å². The van der Waals surface area contributed by atoms with Gasteiger partial charge in [-0.05, 0) is 30.3 Å². The average Bonchev–Trinajstić information content (AvgIpc) is 2.31. The molecule has 0 unspecified atom stereocenters. The second-order valence-electron chi connectivity index (χ2n) is 3.46. The highest BCUT2D eigenvalue weighted by molar-refractivity contribution is 9.10. The Labute approximate surface area is 111 Å². The predicted molar refractivity (Wildman–Crippen MR) is 69.0 cm³/mol. The molecule has 0 saturated heterocycles. The maximum Gasteiger partial charge on any atom is 0.194 e. The Kier molecular flexibility index (Phi) is 3.60. The van der Waals surface area contributed by atoms with Crippen molar-refractivity contribution in [1.82, 2.24) is 0 Å². The highest BCUT2D eigenvalue weighted by atomic mass is 79.9. The molecular formula is C13H7BrClFO. The fourth-order valence-electron chi connectivity index (χ4n) is 1.46. The molecule has 0 saturated carbocycles. The van der Waals surface area contributed by atoms with Crippen molar-refractivity contribution in [2.45, 2.75) is 0 Å². The van der Waals surface area contributed by atoms with Crippen LogP contribution >= 0.6 is 27.5 Å². The second kappa shape index (κ2) is 4.98. The monoisotopic (exact) mass is 312 g/mol. The van der Waals surface area contributed by atoms with Gasteiger partial charge in [-0.15, -0.1) is 0 Å². The number of rotatable bonds is 2. The molecule has 0 atom stereocenters. The number of carbonyl (C=O) groups excluding carboxylic acids is 1. The molecule has 0 heterocycles. The molecule has 4 heteroatoms. The van der Waals surface area contributed by atoms with Crippen molar-refractivity contribution in [1.29, 1.82) is 0 Å². The van der Waals surface area contributed by atoms with E-state index in [1.807, 2.05) is 0 Å². The molecule has 0 aromatic heterocycles. The molecule has 0 aliphatic carbocycles. The minimum absolute atomic E-state index is 0.265. The lowest BCUT2D eigenvalue weighted by molar-refractivity contribution is 0.103. The summed E-state index contributed by atoms with van der Waals surface area (Å²) in [7, 11) is 0. The first-order valence-electron chi connectivity index (χ1n) is 4.83. The van der Waals surface area contributed by atoms with Crippen molar-refractivity contribution < 1.29 is 9.18 Å². The van der Waals surface area contributed by atoms with Crippen LogP contribution in [0.3, 0.4) is 0 Å². The lowest BCUT2D eigenvalue weighted by Crippen LogP contribution is -2.02. The van der Waals surface area contributed by atoms with E-state index in [1.165, 1.54) is 18.2 Å². The largest absolute Gasteiger partial charge is 0.289 e. The molecule has 0 amide bonds. The number of carbonyl (C=O) groups is 1. The van der Waals surface area contributed by atoms with E-state index in [9.17, 15) is 9.18 Å². The number of benzene rings is 2. The van der Waals surface area contributed by atoms with Gasteiger partial charge in [0.15, 0.2) is 5.78 Å². The third-order valence-electron chi connectivity index (χ3n) is 2.26. The number of hydrogen-bond acceptors (Lipinski definition) is 1. The highest BCUT2D eigenvalue weighted by Crippen LogP contribution is 2.24. The van der Waals surface area contributed by atoms with Crippen molar-refractivity contribution in [3.63, 3.8) is 0 Å². The maximum absolute atomic E-state index is 13.0. The van der Waals surface area contributed by atoms with Crippen molar-refractivity contribution in [3.05, 3.63) is 68.9 Å². The minimum atomic E-state index is -0.436. The fraction of sp³-hybridized carbons (Fsp3) is 0. The van der Waals surface area contributed by atoms with Crippen LogP contribution in [0.1, 0.15) is 15.9 Å². The molecule has 2 aromatic rings. The molecule has 0 radical (unpaired) electrons. The molecule has 17 heavy (non-hydrogen) atoms. The number of halogens is 3. The summed E-state index contributed by atoms with van der Waals surface area (Å²) in [6, 6.07) is 10.5. The summed E-state index contributed by atoms with van der Waals surface area (Å²) >= 11 is 9.11. The van der Waals surface area contributed by atoms with Gasteiger partial charge in [0.2, 0.25) is 0 Å². The molecular weight excluding hydrogens is 306 g/mol. The van der Waals surface area contributed by atoms with Crippen LogP contribution in [0.2, 0.25) is 5.02 Å². The van der Waals surface area contributed by atoms with Gasteiger partial charge in [0, 0.05) is 20.6 Å². The number of hydrogen-bond donors (Lipinski definition) is 0. The van der Waals surface area contributed by atoms with Crippen LogP contribution in [-0.4, -0.2) is 5.78 Å². The zero-order chi connectivity index (χ0) is 12.4. The molecule has 0 spiro atoms. The summed E-state index contributed by atoms with van der Waals surface area (Å²) in [5.74, 6) is -0.701. The number of ketones is 1. The Morgan fingerprint density at radius 2 is 1.94 bits per heavy atom. The van der Waals surface area contributed by atoms with E-state index in [2.05, 4.69) is 15.9 Å². The van der Waals surface area contributed by atoms with Crippen LogP contribution in [-0.2, 0) is 0 Å². The van der Waals surface area contributed by atoms with Gasteiger partial charge in [0.25, 0.3) is 0 Å². The van der Waals surface area contributed by atoms with Gasteiger partial charge in [0.05, 0.1) is 0 Å². The predicted octanol–water partition coefficient (Wildman–Crippen LogP) is 4.47. The summed E-state index contributed by atoms with van der Waals surface area (Å²) in [6.45, 7) is 0. The Balaban J connectivity index is 2.47. The molecule has 1 nitrogen and oxygen atoms in total. The third kappa shape index (κ3) is 2.73. The van der Waals surface area contributed by atoms with Crippen LogP contribution in [0.4, 0.5) is 4.39 Å². The van der Waals surface area contributed by atoms with E-state index in [0.29, 0.717) is 20.6 Å². The van der Waals surface area contributed by atoms with Crippen LogP contribution in [0.25, 0.3) is 0 Å². The highest BCUT2D eigenvalue weighted by Gasteiger charge is 2.13. The van der Waals surface area contributed by atoms with Crippen molar-refractivity contribution >= 4 is 33.3 Å². The smallest absolute Gasteiger partial charge is 0.194 e. The zero-order valence-corrected chi connectivity index (χ0v) is 10.9. The van der Waals surface area contributed by atoms with E-state index in [1.54, 1.807) is 24.3 Å². The quantitative estimate of drug-likeness (QED) is 0.748. The van der Waals surface area contributed by atoms with Crippen molar-refractivity contribution in [2.75, 3.05) is 0 Å². The minimum Gasteiger partial charge on any atom is -0.289 e. The average molecular weight is 314 g/mol. The Bertz CT molecular complexity index is 583. The van der Waals surface area contributed by atoms with Gasteiger partial charge in [0.1, 0.15) is 5.82 Å². The van der Waals surface area contributed by atoms with Crippen molar-refractivity contribution in [2.24, 2.45) is 0 Å². The molecule has 86 valence electrons. The summed E-state index contributed by atoms with van der Waals surface area (Å²) in [4.78, 5) is 12.1. The molecule has 0 aliphatic heterocycles. The Morgan fingerprint density at radius 1 is 1.18 bits per heavy atom. The van der Waals surface area contributed by atoms with E-state index in [0.717, 1.165) is 0 Å². The fourth-order valence-corrected chi connectivity index (χ4v) is 2.06. The van der Waals surface area contributed by atoms with Gasteiger partial charge in [-0.3, -0.25) is 4.79 Å². The Morgan fingerprint density at radius 3 is 2.65 bits per heavy atom. The Hall–Kier alpha value is -1.19. The molecule has 0 aliphatic rings. The third-order valence-corrected chi connectivity index (χ3v) is 3.19. The van der Waals surface area contributed by atoms with E-state index in [-0.39, 0.29) is 5.78 Å². The summed E-state index contributed by atoms with van der Waals surface area (Å²) < 4.78 is 13.7. The first kappa shape index (κ1) is 12.3. The lowest BCUT2D eigenvalue weighted by Gasteiger charge is -2.04. The molecule has 0 fully saturated rings. The first-order valence-corrected chi connectivity index (χ1v) is 6.00. The van der Waals surface area contributed by atoms with Crippen LogP contribution in [0.15, 0.2) is 46.9 Å². The zero-order valence-electron chi connectivity index (χ0n) is 8.58. The summed E-state index contributed by atoms with van der Waals surface area (Å²) in [5, 5.41) is 0.466. The standard InChI is InChI=1S/C13H7BrClFO/c14-12-5-4-9(15)7-11(12)13(17)8-2-1-3-10(16)6-8/h1-7H. The summed E-state index contributed by atoms with van der Waals surface area (Å²) in [5.41, 5.74) is 0.719. The second-order valence-corrected chi connectivity index (χ2v) is 4.75. The molecule has 2 rings (SSSR count). The maximum atomic E-state index is 13.0. The van der Waals surface area contributed by atoms with Gasteiger partial charge in [-0.2, -0.15) is 0 Å². The van der Waals surface area contributed by atoms with Crippen molar-refractivity contribution in [3.8, 4) is 0 Å². The van der Waals surface area contributed by atoms with Gasteiger partial charge >= 0.3 is 0 Å². The van der Waals surface area contributed by atoms with E-state index < -0.39 is 5.82 Å². The molecule has 2 aromatic carbocycles. The normalized spacial score (nSPS) is 10.3. The van der Waals surface area contributed by atoms with Gasteiger partial charge in [-0.25, -0.2) is 4.39 Å².